The fourth-order valence-corrected chi connectivity index (χ4v) is 4.42. The molecule has 0 aromatic carbocycles. The van der Waals surface area contributed by atoms with Crippen molar-refractivity contribution in [1.29, 1.82) is 0 Å². The number of likely N-dealkylation sites (tertiary alicyclic amines) is 2. The van der Waals surface area contributed by atoms with Gasteiger partial charge in [-0.05, 0) is 44.2 Å². The van der Waals surface area contributed by atoms with Crippen molar-refractivity contribution in [2.24, 2.45) is 5.41 Å². The average Bonchev–Trinajstić information content (AvgIpc) is 3.28. The van der Waals surface area contributed by atoms with Crippen molar-refractivity contribution in [3.05, 3.63) is 41.9 Å². The molecular weight excluding hydrogens is 394 g/mol. The molecule has 0 N–H and O–H groups in total. The molecule has 0 saturated carbocycles. The van der Waals surface area contributed by atoms with E-state index < -0.39 is 0 Å². The summed E-state index contributed by atoms with van der Waals surface area (Å²) >= 11 is 0. The molecule has 166 valence electrons. The smallest absolute Gasteiger partial charge is 0.273 e. The van der Waals surface area contributed by atoms with E-state index in [2.05, 4.69) is 15.2 Å². The summed E-state index contributed by atoms with van der Waals surface area (Å²) in [7, 11) is 0. The minimum Gasteiger partial charge on any atom is -0.423 e. The van der Waals surface area contributed by atoms with Gasteiger partial charge in [0.15, 0.2) is 0 Å². The van der Waals surface area contributed by atoms with E-state index in [1.54, 1.807) is 18.3 Å². The van der Waals surface area contributed by atoms with Gasteiger partial charge >= 0.3 is 0 Å². The van der Waals surface area contributed by atoms with Crippen molar-refractivity contribution < 1.29 is 14.0 Å². The number of carbonyl (C=O) groups is 2. The summed E-state index contributed by atoms with van der Waals surface area (Å²) in [6, 6.07) is 5.14. The molecule has 0 aliphatic carbocycles. The van der Waals surface area contributed by atoms with Crippen molar-refractivity contribution in [3.63, 3.8) is 0 Å². The predicted molar refractivity (Wildman–Crippen MR) is 114 cm³/mol. The van der Waals surface area contributed by atoms with Crippen LogP contribution in [0.15, 0.2) is 28.8 Å². The molecule has 1 unspecified atom stereocenters. The molecule has 2 saturated heterocycles. The molecule has 2 aromatic heterocycles. The van der Waals surface area contributed by atoms with E-state index in [9.17, 15) is 9.59 Å². The molecule has 0 radical (unpaired) electrons. The van der Waals surface area contributed by atoms with Crippen LogP contribution >= 0.6 is 0 Å². The highest BCUT2D eigenvalue weighted by Crippen LogP contribution is 2.34. The van der Waals surface area contributed by atoms with E-state index in [0.717, 1.165) is 32.1 Å². The summed E-state index contributed by atoms with van der Waals surface area (Å²) < 4.78 is 6.10. The van der Waals surface area contributed by atoms with Crippen LogP contribution < -0.4 is 0 Å². The largest absolute Gasteiger partial charge is 0.423 e. The van der Waals surface area contributed by atoms with E-state index in [1.807, 2.05) is 36.6 Å². The van der Waals surface area contributed by atoms with E-state index in [0.29, 0.717) is 37.1 Å². The van der Waals surface area contributed by atoms with E-state index in [1.165, 1.54) is 0 Å². The van der Waals surface area contributed by atoms with Crippen LogP contribution in [0.1, 0.15) is 87.1 Å². The minimum absolute atomic E-state index is 0.0981. The molecular formula is C23H31N5O3. The number of rotatable bonds is 3. The zero-order valence-electron chi connectivity index (χ0n) is 18.6. The maximum Gasteiger partial charge on any atom is 0.273 e. The first-order chi connectivity index (χ1) is 14.8. The Balaban J connectivity index is 1.44. The van der Waals surface area contributed by atoms with Crippen LogP contribution in [0.5, 0.6) is 0 Å². The first-order valence-corrected chi connectivity index (χ1v) is 11.2. The standard InChI is InChI=1S/C23H31N5O3/c1-23(2,3)22(30)27-14-10-16(11-15-27)19-25-26-20(31-19)18-9-5-7-13-28(18)21(29)17-8-4-6-12-24-17/h4,6,8,12,16,18H,5,7,9-11,13-15H2,1-3H3. The second-order valence-electron chi connectivity index (χ2n) is 9.52. The Labute approximate surface area is 183 Å². The third kappa shape index (κ3) is 4.62. The van der Waals surface area contributed by atoms with Gasteiger partial charge in [-0.1, -0.05) is 26.8 Å². The van der Waals surface area contributed by atoms with Crippen molar-refractivity contribution in [3.8, 4) is 0 Å². The van der Waals surface area contributed by atoms with Crippen LogP contribution in [0.3, 0.4) is 0 Å². The molecule has 31 heavy (non-hydrogen) atoms. The Kier molecular flexibility index (Phi) is 6.07. The number of nitrogens with zero attached hydrogens (tertiary/aromatic N) is 5. The Bertz CT molecular complexity index is 913. The lowest BCUT2D eigenvalue weighted by Crippen LogP contribution is -2.43. The van der Waals surface area contributed by atoms with Crippen molar-refractivity contribution >= 4 is 11.8 Å². The van der Waals surface area contributed by atoms with Gasteiger partial charge < -0.3 is 14.2 Å². The van der Waals surface area contributed by atoms with Crippen LogP contribution in [0.4, 0.5) is 0 Å². The quantitative estimate of drug-likeness (QED) is 0.746. The monoisotopic (exact) mass is 425 g/mol. The third-order valence-corrected chi connectivity index (χ3v) is 6.16. The Morgan fingerprint density at radius 1 is 1.00 bits per heavy atom. The number of carbonyl (C=O) groups excluding carboxylic acids is 2. The summed E-state index contributed by atoms with van der Waals surface area (Å²) in [6.45, 7) is 7.92. The fourth-order valence-electron chi connectivity index (χ4n) is 4.42. The van der Waals surface area contributed by atoms with Crippen LogP contribution in [0.25, 0.3) is 0 Å². The first kappa shape index (κ1) is 21.5. The number of hydrogen-bond donors (Lipinski definition) is 0. The van der Waals surface area contributed by atoms with Crippen LogP contribution in [-0.2, 0) is 4.79 Å². The Morgan fingerprint density at radius 2 is 1.74 bits per heavy atom. The van der Waals surface area contributed by atoms with Gasteiger partial charge in [-0.3, -0.25) is 14.6 Å². The summed E-state index contributed by atoms with van der Waals surface area (Å²) in [5, 5.41) is 8.65. The number of aromatic nitrogens is 3. The highest BCUT2D eigenvalue weighted by molar-refractivity contribution is 5.92. The molecule has 4 rings (SSSR count). The van der Waals surface area contributed by atoms with E-state index in [-0.39, 0.29) is 29.2 Å². The maximum atomic E-state index is 13.0. The average molecular weight is 426 g/mol. The Hall–Kier alpha value is -2.77. The van der Waals surface area contributed by atoms with Crippen molar-refractivity contribution in [2.75, 3.05) is 19.6 Å². The fraction of sp³-hybridized carbons (Fsp3) is 0.609. The van der Waals surface area contributed by atoms with E-state index in [4.69, 9.17) is 4.42 Å². The molecule has 2 aliphatic rings. The number of hydrogen-bond acceptors (Lipinski definition) is 6. The molecule has 4 heterocycles. The van der Waals surface area contributed by atoms with Gasteiger partial charge in [0, 0.05) is 37.2 Å². The number of amides is 2. The topological polar surface area (TPSA) is 92.4 Å². The molecule has 2 aliphatic heterocycles. The van der Waals surface area contributed by atoms with Crippen molar-refractivity contribution in [1.82, 2.24) is 25.0 Å². The highest BCUT2D eigenvalue weighted by Gasteiger charge is 2.35. The highest BCUT2D eigenvalue weighted by atomic mass is 16.4. The van der Waals surface area contributed by atoms with Gasteiger partial charge in [0.2, 0.25) is 17.7 Å². The summed E-state index contributed by atoms with van der Waals surface area (Å²) in [4.78, 5) is 33.5. The zero-order valence-corrected chi connectivity index (χ0v) is 18.6. The predicted octanol–water partition coefficient (Wildman–Crippen LogP) is 3.58. The molecule has 0 spiro atoms. The Morgan fingerprint density at radius 3 is 2.42 bits per heavy atom. The molecule has 2 fully saturated rings. The van der Waals surface area contributed by atoms with Gasteiger partial charge in [0.25, 0.3) is 5.91 Å². The van der Waals surface area contributed by atoms with Gasteiger partial charge in [-0.2, -0.15) is 0 Å². The lowest BCUT2D eigenvalue weighted by atomic mass is 9.91. The summed E-state index contributed by atoms with van der Waals surface area (Å²) in [6.07, 6.45) is 6.03. The van der Waals surface area contributed by atoms with E-state index >= 15 is 0 Å². The molecule has 8 nitrogen and oxygen atoms in total. The summed E-state index contributed by atoms with van der Waals surface area (Å²) in [5.74, 6) is 1.36. The number of pyridine rings is 1. The minimum atomic E-state index is -0.366. The molecule has 2 aromatic rings. The molecule has 0 bridgehead atoms. The van der Waals surface area contributed by atoms with Crippen LogP contribution in [0.2, 0.25) is 0 Å². The third-order valence-electron chi connectivity index (χ3n) is 6.16. The SMILES string of the molecule is CC(C)(C)C(=O)N1CCC(c2nnc(C3CCCCN3C(=O)c3ccccn3)o2)CC1. The molecule has 2 amide bonds. The van der Waals surface area contributed by atoms with Gasteiger partial charge in [0.1, 0.15) is 11.7 Å². The lowest BCUT2D eigenvalue weighted by Gasteiger charge is -2.35. The number of piperidine rings is 2. The molecule has 1 atom stereocenters. The lowest BCUT2D eigenvalue weighted by molar-refractivity contribution is -0.140. The van der Waals surface area contributed by atoms with Gasteiger partial charge in [-0.15, -0.1) is 10.2 Å². The zero-order chi connectivity index (χ0) is 22.0. The van der Waals surface area contributed by atoms with Crippen LogP contribution in [-0.4, -0.2) is 56.4 Å². The second-order valence-corrected chi connectivity index (χ2v) is 9.52. The summed E-state index contributed by atoms with van der Waals surface area (Å²) in [5.41, 5.74) is 0.0692. The van der Waals surface area contributed by atoms with Gasteiger partial charge in [0.05, 0.1) is 0 Å². The molecule has 8 heteroatoms. The maximum absolute atomic E-state index is 13.0. The van der Waals surface area contributed by atoms with Gasteiger partial charge in [-0.25, -0.2) is 0 Å². The normalized spacial score (nSPS) is 20.7. The second kappa shape index (κ2) is 8.77. The first-order valence-electron chi connectivity index (χ1n) is 11.2. The van der Waals surface area contributed by atoms with Crippen molar-refractivity contribution in [2.45, 2.75) is 64.8 Å². The van der Waals surface area contributed by atoms with Crippen LogP contribution in [0, 0.1) is 5.41 Å².